The molecule has 0 aliphatic heterocycles. The van der Waals surface area contributed by atoms with Gasteiger partial charge in [0.05, 0.1) is 7.11 Å². The summed E-state index contributed by atoms with van der Waals surface area (Å²) in [6, 6.07) is -0.0822. The lowest BCUT2D eigenvalue weighted by atomic mass is 10.2. The Hall–Kier alpha value is -3.11. The summed E-state index contributed by atoms with van der Waals surface area (Å²) in [5.41, 5.74) is 6.07. The maximum atomic E-state index is 11.2. The normalized spacial score (nSPS) is 10.5. The maximum Gasteiger partial charge on any atom is 0.414 e. The molecule has 5 N–H and O–H groups in total. The van der Waals surface area contributed by atoms with Gasteiger partial charge in [-0.2, -0.15) is 15.0 Å². The Bertz CT molecular complexity index is 731. The van der Waals surface area contributed by atoms with Crippen molar-refractivity contribution in [2.75, 3.05) is 30.0 Å². The molecule has 0 radical (unpaired) electrons. The van der Waals surface area contributed by atoms with Crippen molar-refractivity contribution in [3.8, 4) is 0 Å². The smallest absolute Gasteiger partial charge is 0.414 e. The highest BCUT2D eigenvalue weighted by atomic mass is 16.5. The number of hydrogen-bond donors (Lipinski definition) is 4. The third-order valence-corrected chi connectivity index (χ3v) is 3.03. The van der Waals surface area contributed by atoms with Gasteiger partial charge in [-0.1, -0.05) is 6.42 Å². The number of aliphatic carboxylic acids is 1. The maximum absolute atomic E-state index is 11.2. The van der Waals surface area contributed by atoms with Gasteiger partial charge in [-0.25, -0.2) is 10.1 Å². The highest BCUT2D eigenvalue weighted by molar-refractivity contribution is 5.87. The number of fused-ring (bicyclic) bond motifs is 1. The molecular formula is C13H18N6O5. The summed E-state index contributed by atoms with van der Waals surface area (Å²) < 4.78 is 9.73. The topological polar surface area (TPSA) is 165 Å². The number of rotatable bonds is 8. The van der Waals surface area contributed by atoms with Crippen LogP contribution in [0.5, 0.6) is 0 Å². The number of amides is 1. The second-order valence-corrected chi connectivity index (χ2v) is 4.85. The summed E-state index contributed by atoms with van der Waals surface area (Å²) in [5, 5.41) is 13.9. The second-order valence-electron chi connectivity index (χ2n) is 4.85. The number of nitrogens with one attached hydrogen (secondary N) is 2. The molecule has 0 bridgehead atoms. The van der Waals surface area contributed by atoms with Gasteiger partial charge in [-0.3, -0.25) is 4.79 Å². The Morgan fingerprint density at radius 3 is 2.75 bits per heavy atom. The fourth-order valence-electron chi connectivity index (χ4n) is 1.94. The number of hydrogen-bond acceptors (Lipinski definition) is 9. The molecule has 0 saturated carbocycles. The molecular weight excluding hydrogens is 320 g/mol. The van der Waals surface area contributed by atoms with Crippen molar-refractivity contribution in [3.63, 3.8) is 0 Å². The lowest BCUT2D eigenvalue weighted by molar-refractivity contribution is -0.137. The molecule has 0 atom stereocenters. The Morgan fingerprint density at radius 1 is 1.25 bits per heavy atom. The molecule has 0 aliphatic rings. The molecule has 0 fully saturated rings. The number of anilines is 3. The van der Waals surface area contributed by atoms with Gasteiger partial charge in [-0.15, -0.1) is 0 Å². The quantitative estimate of drug-likeness (QED) is 0.517. The molecule has 2 aromatic rings. The zero-order chi connectivity index (χ0) is 17.5. The van der Waals surface area contributed by atoms with E-state index in [1.165, 1.54) is 7.11 Å². The van der Waals surface area contributed by atoms with Crippen molar-refractivity contribution in [1.82, 2.24) is 15.0 Å². The zero-order valence-electron chi connectivity index (χ0n) is 13.0. The Kier molecular flexibility index (Phi) is 5.71. The number of carbonyl (C=O) groups is 2. The van der Waals surface area contributed by atoms with Gasteiger partial charge >= 0.3 is 18.1 Å². The fraction of sp³-hybridized carbons (Fsp3) is 0.462. The average Bonchev–Trinajstić information content (AvgIpc) is 2.92. The molecule has 1 amide bonds. The number of carboxylic acid groups (broad SMARTS) is 1. The molecule has 2 aromatic heterocycles. The SMILES string of the molecule is COC(=O)Nc1nc2c(NCCCCCC(=O)O)nc(N)nc2o1. The monoisotopic (exact) mass is 338 g/mol. The molecule has 24 heavy (non-hydrogen) atoms. The molecule has 0 unspecified atom stereocenters. The predicted octanol–water partition coefficient (Wildman–Crippen LogP) is 1.44. The number of carbonyl (C=O) groups excluding carboxylic acids is 1. The van der Waals surface area contributed by atoms with E-state index >= 15 is 0 Å². The first kappa shape index (κ1) is 17.2. The van der Waals surface area contributed by atoms with Crippen molar-refractivity contribution in [3.05, 3.63) is 0 Å². The van der Waals surface area contributed by atoms with Crippen LogP contribution in [-0.2, 0) is 9.53 Å². The van der Waals surface area contributed by atoms with Crippen LogP contribution in [0.2, 0.25) is 0 Å². The van der Waals surface area contributed by atoms with E-state index < -0.39 is 12.1 Å². The standard InChI is InChI=1S/C13H18N6O5/c1-23-13(22)19-12-16-8-9(17-11(14)18-10(8)24-12)15-6-4-2-3-5-7(20)21/h2-6H2,1H3,(H,20,21)(H,16,19,22)(H3,14,15,17,18). The van der Waals surface area contributed by atoms with Gasteiger partial charge in [0.2, 0.25) is 5.95 Å². The van der Waals surface area contributed by atoms with E-state index in [0.29, 0.717) is 24.3 Å². The third-order valence-electron chi connectivity index (χ3n) is 3.03. The highest BCUT2D eigenvalue weighted by Crippen LogP contribution is 2.24. The Balaban J connectivity index is 2.00. The van der Waals surface area contributed by atoms with Crippen LogP contribution < -0.4 is 16.4 Å². The van der Waals surface area contributed by atoms with Gasteiger partial charge in [0.25, 0.3) is 5.71 Å². The Labute approximate surface area is 136 Å². The predicted molar refractivity (Wildman–Crippen MR) is 84.6 cm³/mol. The van der Waals surface area contributed by atoms with Crippen LogP contribution in [0.15, 0.2) is 4.42 Å². The third kappa shape index (κ3) is 4.69. The van der Waals surface area contributed by atoms with E-state index in [2.05, 4.69) is 30.3 Å². The first-order valence-corrected chi connectivity index (χ1v) is 7.24. The van der Waals surface area contributed by atoms with Crippen LogP contribution in [0.3, 0.4) is 0 Å². The van der Waals surface area contributed by atoms with E-state index in [1.807, 2.05) is 0 Å². The number of oxazole rings is 1. The van der Waals surface area contributed by atoms with Crippen LogP contribution in [0.25, 0.3) is 11.2 Å². The molecule has 2 heterocycles. The number of carboxylic acids is 1. The van der Waals surface area contributed by atoms with Gasteiger partial charge in [0.1, 0.15) is 0 Å². The van der Waals surface area contributed by atoms with Gasteiger partial charge in [0, 0.05) is 13.0 Å². The van der Waals surface area contributed by atoms with E-state index in [-0.39, 0.29) is 24.1 Å². The van der Waals surface area contributed by atoms with E-state index in [4.69, 9.17) is 15.3 Å². The minimum Gasteiger partial charge on any atom is -0.481 e. The largest absolute Gasteiger partial charge is 0.481 e. The zero-order valence-corrected chi connectivity index (χ0v) is 13.0. The number of ether oxygens (including phenoxy) is 1. The van der Waals surface area contributed by atoms with Gasteiger partial charge < -0.3 is 25.3 Å². The van der Waals surface area contributed by atoms with Gasteiger partial charge in [0.15, 0.2) is 11.3 Å². The fourth-order valence-corrected chi connectivity index (χ4v) is 1.94. The van der Waals surface area contributed by atoms with Crippen LogP contribution in [0, 0.1) is 0 Å². The summed E-state index contributed by atoms with van der Waals surface area (Å²) >= 11 is 0. The summed E-state index contributed by atoms with van der Waals surface area (Å²) in [4.78, 5) is 33.7. The molecule has 0 saturated heterocycles. The van der Waals surface area contributed by atoms with Gasteiger partial charge in [-0.05, 0) is 12.8 Å². The summed E-state index contributed by atoms with van der Waals surface area (Å²) in [5.74, 6) is -0.435. The van der Waals surface area contributed by atoms with Crippen LogP contribution in [-0.4, -0.2) is 45.8 Å². The van der Waals surface area contributed by atoms with Crippen LogP contribution in [0.1, 0.15) is 25.7 Å². The van der Waals surface area contributed by atoms with Crippen LogP contribution >= 0.6 is 0 Å². The number of methoxy groups -OCH3 is 1. The van der Waals surface area contributed by atoms with Crippen molar-refractivity contribution in [2.45, 2.75) is 25.7 Å². The molecule has 0 aromatic carbocycles. The molecule has 130 valence electrons. The van der Waals surface area contributed by atoms with Crippen LogP contribution in [0.4, 0.5) is 22.6 Å². The molecule has 11 nitrogen and oxygen atoms in total. The minimum atomic E-state index is -0.804. The highest BCUT2D eigenvalue weighted by Gasteiger charge is 2.15. The lowest BCUT2D eigenvalue weighted by Crippen LogP contribution is -2.11. The summed E-state index contributed by atoms with van der Waals surface area (Å²) in [6.45, 7) is 0.553. The summed E-state index contributed by atoms with van der Waals surface area (Å²) in [6.07, 6.45) is 1.54. The minimum absolute atomic E-state index is 0.00311. The number of unbranched alkanes of at least 4 members (excludes halogenated alkanes) is 2. The van der Waals surface area contributed by atoms with Crippen molar-refractivity contribution in [2.24, 2.45) is 0 Å². The first-order valence-electron chi connectivity index (χ1n) is 7.24. The van der Waals surface area contributed by atoms with Crippen molar-refractivity contribution >= 4 is 41.1 Å². The first-order chi connectivity index (χ1) is 11.5. The molecule has 0 spiro atoms. The second kappa shape index (κ2) is 7.94. The molecule has 0 aliphatic carbocycles. The number of nitrogen functional groups attached to an aromatic ring is 1. The summed E-state index contributed by atoms with van der Waals surface area (Å²) in [7, 11) is 1.22. The van der Waals surface area contributed by atoms with E-state index in [1.54, 1.807) is 0 Å². The number of nitrogens with two attached hydrogens (primary N) is 1. The van der Waals surface area contributed by atoms with Crippen molar-refractivity contribution in [1.29, 1.82) is 0 Å². The molecule has 2 rings (SSSR count). The van der Waals surface area contributed by atoms with E-state index in [0.717, 1.165) is 12.8 Å². The lowest BCUT2D eigenvalue weighted by Gasteiger charge is -2.05. The van der Waals surface area contributed by atoms with Crippen molar-refractivity contribution < 1.29 is 23.8 Å². The number of aromatic nitrogens is 3. The Morgan fingerprint density at radius 2 is 2.04 bits per heavy atom. The number of nitrogens with zero attached hydrogens (tertiary/aromatic N) is 3. The molecule has 11 heteroatoms. The van der Waals surface area contributed by atoms with E-state index in [9.17, 15) is 9.59 Å². The average molecular weight is 338 g/mol.